The maximum atomic E-state index is 13.1. The Morgan fingerprint density at radius 3 is 2.56 bits per heavy atom. The standard InChI is InChI=1S/C24H30N8O9S2/c1-24(2)18(21(34)32(24)43(37,38)39)30-20(33)17(15-11-42-23(26)29-15)31-41-16(22(35)36)10-40-14-5-3-12(4-6-14)19(25)28-13-7-8-27-9-13/h3-6,11,13,16,18,27H,7-10H2,1-2H3,(H2,25,28)(H2,26,29)(H,30,33)(H,35,36)(H,37,38,39)/b31-17-/t13-,16+,18-/m1/s1. The molecular weight excluding hydrogens is 608 g/mol. The van der Waals surface area contributed by atoms with E-state index in [0.717, 1.165) is 30.8 Å². The van der Waals surface area contributed by atoms with Gasteiger partial charge in [0.15, 0.2) is 10.8 Å². The smallest absolute Gasteiger partial charge is 0.362 e. The molecule has 1 aromatic carbocycles. The van der Waals surface area contributed by atoms with Crippen LogP contribution >= 0.6 is 11.3 Å². The molecule has 2 saturated heterocycles. The van der Waals surface area contributed by atoms with Crippen molar-refractivity contribution >= 4 is 56.1 Å². The van der Waals surface area contributed by atoms with Gasteiger partial charge in [-0.2, -0.15) is 8.42 Å². The van der Waals surface area contributed by atoms with Crippen molar-refractivity contribution in [2.45, 2.75) is 44.0 Å². The number of aliphatic carboxylic acids is 1. The van der Waals surface area contributed by atoms with Crippen molar-refractivity contribution in [3.63, 3.8) is 0 Å². The number of anilines is 1. The van der Waals surface area contributed by atoms with Crippen LogP contribution in [0.3, 0.4) is 0 Å². The highest BCUT2D eigenvalue weighted by atomic mass is 32.2. The summed E-state index contributed by atoms with van der Waals surface area (Å²) in [7, 11) is -4.88. The summed E-state index contributed by atoms with van der Waals surface area (Å²) >= 11 is 0.952. The van der Waals surface area contributed by atoms with Crippen molar-refractivity contribution in [2.24, 2.45) is 5.16 Å². The number of ether oxygens (including phenoxy) is 1. The molecule has 3 heterocycles. The summed E-state index contributed by atoms with van der Waals surface area (Å²) in [6.45, 7) is 3.74. The molecule has 1 aromatic heterocycles. The predicted molar refractivity (Wildman–Crippen MR) is 153 cm³/mol. The van der Waals surface area contributed by atoms with E-state index >= 15 is 0 Å². The van der Waals surface area contributed by atoms with Crippen molar-refractivity contribution < 1.29 is 42.0 Å². The number of carbonyl (C=O) groups is 3. The first-order valence-corrected chi connectivity index (χ1v) is 15.1. The number of oxime groups is 1. The number of hydrogen-bond donors (Lipinski definition) is 7. The van der Waals surface area contributed by atoms with Crippen LogP contribution in [0, 0.1) is 5.41 Å². The molecule has 2 fully saturated rings. The normalized spacial score (nSPS) is 20.6. The van der Waals surface area contributed by atoms with Crippen LogP contribution in [0.5, 0.6) is 5.75 Å². The van der Waals surface area contributed by atoms with Crippen molar-refractivity contribution in [3.8, 4) is 5.75 Å². The Labute approximate surface area is 249 Å². The molecule has 232 valence electrons. The van der Waals surface area contributed by atoms with Crippen LogP contribution in [-0.2, 0) is 29.5 Å². The number of amidine groups is 1. The fraction of sp³-hybridized carbons (Fsp3) is 0.417. The lowest BCUT2D eigenvalue weighted by Crippen LogP contribution is -2.77. The van der Waals surface area contributed by atoms with E-state index in [9.17, 15) is 32.5 Å². The minimum atomic E-state index is -4.88. The van der Waals surface area contributed by atoms with E-state index in [1.54, 1.807) is 24.3 Å². The Bertz CT molecular complexity index is 1540. The van der Waals surface area contributed by atoms with Crippen molar-refractivity contribution in [2.75, 3.05) is 25.4 Å². The lowest BCUT2D eigenvalue weighted by atomic mass is 9.85. The Hall–Kier alpha value is -4.33. The number of thiazole rings is 1. The number of β-lactam (4-membered cyclic amide) rings is 1. The third-order valence-electron chi connectivity index (χ3n) is 6.66. The summed E-state index contributed by atoms with van der Waals surface area (Å²) in [4.78, 5) is 46.5. The van der Waals surface area contributed by atoms with Gasteiger partial charge in [0.05, 0.1) is 5.54 Å². The number of carbonyl (C=O) groups excluding carboxylic acids is 2. The Balaban J connectivity index is 1.43. The summed E-state index contributed by atoms with van der Waals surface area (Å²) in [5.41, 5.74) is 4.11. The molecule has 0 bridgehead atoms. The number of hydrogen-bond acceptors (Lipinski definition) is 13. The Kier molecular flexibility index (Phi) is 9.18. The van der Waals surface area contributed by atoms with Gasteiger partial charge in [0, 0.05) is 23.5 Å². The molecular formula is C24H30N8O9S2. The Morgan fingerprint density at radius 1 is 1.33 bits per heavy atom. The van der Waals surface area contributed by atoms with Crippen LogP contribution in [0.2, 0.25) is 0 Å². The van der Waals surface area contributed by atoms with Gasteiger partial charge in [-0.05, 0) is 51.1 Å². The number of nitrogens with one attached hydrogen (secondary N) is 4. The van der Waals surface area contributed by atoms with Crippen molar-refractivity contribution in [1.29, 1.82) is 5.41 Å². The molecule has 43 heavy (non-hydrogen) atoms. The van der Waals surface area contributed by atoms with Gasteiger partial charge in [-0.3, -0.25) is 19.6 Å². The average molecular weight is 639 g/mol. The van der Waals surface area contributed by atoms with E-state index in [2.05, 4.69) is 26.1 Å². The highest BCUT2D eigenvalue weighted by Crippen LogP contribution is 2.34. The third kappa shape index (κ3) is 7.19. The summed E-state index contributed by atoms with van der Waals surface area (Å²) in [6, 6.07) is 5.19. The zero-order chi connectivity index (χ0) is 31.5. The van der Waals surface area contributed by atoms with Gasteiger partial charge in [0.25, 0.3) is 17.9 Å². The van der Waals surface area contributed by atoms with E-state index in [1.807, 2.05) is 0 Å². The second kappa shape index (κ2) is 12.5. The van der Waals surface area contributed by atoms with Gasteiger partial charge in [-0.25, -0.2) is 14.1 Å². The molecule has 2 amide bonds. The summed E-state index contributed by atoms with van der Waals surface area (Å²) < 4.78 is 38.2. The number of nitrogens with two attached hydrogens (primary N) is 1. The van der Waals surface area contributed by atoms with E-state index in [0.29, 0.717) is 5.56 Å². The molecule has 2 aliphatic rings. The Morgan fingerprint density at radius 2 is 2.02 bits per heavy atom. The zero-order valence-electron chi connectivity index (χ0n) is 22.9. The number of nitrogen functional groups attached to an aromatic ring is 1. The molecule has 0 unspecified atom stereocenters. The van der Waals surface area contributed by atoms with E-state index in [1.165, 1.54) is 19.2 Å². The van der Waals surface area contributed by atoms with Crippen LogP contribution in [0.15, 0.2) is 34.8 Å². The number of benzene rings is 1. The number of aromatic nitrogens is 1. The summed E-state index contributed by atoms with van der Waals surface area (Å²) in [6.07, 6.45) is -0.782. The molecule has 0 radical (unpaired) electrons. The first-order chi connectivity index (χ1) is 20.2. The number of carboxylic acid groups (broad SMARTS) is 1. The molecule has 2 aromatic rings. The largest absolute Gasteiger partial charge is 0.489 e. The second-order valence-corrected chi connectivity index (χ2v) is 12.3. The SMILES string of the molecule is CC1(C)[C@H](NC(=O)/C(=N\O[C@@H](COc2ccc(C(=N)N[C@@H]3CCNC3)cc2)C(=O)O)c2csc(N)n2)C(=O)N1S(=O)(=O)O. The monoisotopic (exact) mass is 638 g/mol. The number of rotatable bonds is 12. The number of nitrogens with zero attached hydrogens (tertiary/aromatic N) is 3. The van der Waals surface area contributed by atoms with Gasteiger partial charge in [0.2, 0.25) is 0 Å². The van der Waals surface area contributed by atoms with Crippen LogP contribution < -0.4 is 26.4 Å². The molecule has 19 heteroatoms. The molecule has 4 rings (SSSR count). The number of carboxylic acids is 1. The van der Waals surface area contributed by atoms with E-state index in [4.69, 9.17) is 20.7 Å². The first kappa shape index (κ1) is 31.6. The minimum Gasteiger partial charge on any atom is -0.489 e. The topological polar surface area (TPSA) is 259 Å². The van der Waals surface area contributed by atoms with Gasteiger partial charge >= 0.3 is 16.3 Å². The lowest BCUT2D eigenvalue weighted by molar-refractivity contribution is -0.152. The number of amides is 2. The molecule has 3 atom stereocenters. The predicted octanol–water partition coefficient (Wildman–Crippen LogP) is -0.837. The average Bonchev–Trinajstić information content (AvgIpc) is 3.60. The van der Waals surface area contributed by atoms with Crippen LogP contribution in [-0.4, -0.2) is 100 Å². The van der Waals surface area contributed by atoms with Crippen LogP contribution in [0.4, 0.5) is 5.13 Å². The van der Waals surface area contributed by atoms with Crippen LogP contribution in [0.1, 0.15) is 31.5 Å². The quantitative estimate of drug-likeness (QED) is 0.0493. The first-order valence-electron chi connectivity index (χ1n) is 12.8. The maximum Gasteiger partial charge on any atom is 0.362 e. The van der Waals surface area contributed by atoms with Gasteiger partial charge in [-0.15, -0.1) is 11.3 Å². The van der Waals surface area contributed by atoms with Gasteiger partial charge < -0.3 is 36.4 Å². The highest BCUT2D eigenvalue weighted by molar-refractivity contribution is 7.84. The molecule has 0 spiro atoms. The molecule has 0 aliphatic carbocycles. The zero-order valence-corrected chi connectivity index (χ0v) is 24.6. The maximum absolute atomic E-state index is 13.1. The third-order valence-corrected chi connectivity index (χ3v) is 8.45. The lowest BCUT2D eigenvalue weighted by Gasteiger charge is -2.50. The molecule has 17 nitrogen and oxygen atoms in total. The van der Waals surface area contributed by atoms with Gasteiger partial charge in [0.1, 0.15) is 29.9 Å². The van der Waals surface area contributed by atoms with E-state index in [-0.39, 0.29) is 32.8 Å². The minimum absolute atomic E-state index is 0.0536. The second-order valence-electron chi connectivity index (χ2n) is 10.1. The fourth-order valence-corrected chi connectivity index (χ4v) is 6.00. The highest BCUT2D eigenvalue weighted by Gasteiger charge is 2.60. The van der Waals surface area contributed by atoms with Gasteiger partial charge in [-0.1, -0.05) is 5.16 Å². The summed E-state index contributed by atoms with van der Waals surface area (Å²) in [5.74, 6) is -3.07. The van der Waals surface area contributed by atoms with E-state index < -0.39 is 58.1 Å². The molecule has 2 aliphatic heterocycles. The van der Waals surface area contributed by atoms with Crippen molar-refractivity contribution in [3.05, 3.63) is 40.9 Å². The van der Waals surface area contributed by atoms with Crippen LogP contribution in [0.25, 0.3) is 0 Å². The summed E-state index contributed by atoms with van der Waals surface area (Å²) in [5, 5.41) is 31.6. The fourth-order valence-electron chi connectivity index (χ4n) is 4.42. The van der Waals surface area contributed by atoms with Crippen molar-refractivity contribution in [1.82, 2.24) is 25.2 Å². The molecule has 8 N–H and O–H groups in total. The molecule has 0 saturated carbocycles.